The van der Waals surface area contributed by atoms with E-state index in [4.69, 9.17) is 11.6 Å². The third-order valence-electron chi connectivity index (χ3n) is 2.77. The molecule has 1 aromatic heterocycles. The number of halogens is 6. The summed E-state index contributed by atoms with van der Waals surface area (Å²) in [6.07, 6.45) is -3.54. The summed E-state index contributed by atoms with van der Waals surface area (Å²) >= 11 is 5.61. The van der Waals surface area contributed by atoms with Crippen LogP contribution in [-0.2, 0) is 0 Å². The molecule has 0 aliphatic heterocycles. The molecule has 0 radical (unpaired) electrons. The lowest BCUT2D eigenvalue weighted by molar-refractivity contribution is -0.115. The van der Waals surface area contributed by atoms with Crippen molar-refractivity contribution in [1.82, 2.24) is 4.98 Å². The molecule has 0 fully saturated rings. The minimum Gasteiger partial charge on any atom is -0.376 e. The number of nitrogens with one attached hydrogen (secondary N) is 2. The molecule has 0 aliphatic carbocycles. The van der Waals surface area contributed by atoms with Crippen LogP contribution < -0.4 is 10.6 Å². The predicted molar refractivity (Wildman–Crippen MR) is 78.1 cm³/mol. The van der Waals surface area contributed by atoms with Crippen LogP contribution in [0.25, 0.3) is 0 Å². The van der Waals surface area contributed by atoms with Crippen LogP contribution in [-0.4, -0.2) is 23.6 Å². The van der Waals surface area contributed by atoms with E-state index in [0.29, 0.717) is 0 Å². The molecule has 0 aliphatic rings. The number of pyridine rings is 1. The summed E-state index contributed by atoms with van der Waals surface area (Å²) in [6, 6.07) is 3.68. The first-order valence-corrected chi connectivity index (χ1v) is 6.76. The molecule has 0 unspecified atom stereocenters. The van der Waals surface area contributed by atoms with Gasteiger partial charge in [0.2, 0.25) is 0 Å². The Bertz CT molecular complexity index is 767. The molecule has 2 N–H and O–H groups in total. The summed E-state index contributed by atoms with van der Waals surface area (Å²) in [5, 5.41) is 4.15. The third kappa shape index (κ3) is 4.79. The second kappa shape index (κ2) is 7.00. The quantitative estimate of drug-likeness (QED) is 0.629. The number of carbonyl (C=O) groups is 1. The van der Waals surface area contributed by atoms with E-state index in [1.54, 1.807) is 0 Å². The topological polar surface area (TPSA) is 54.0 Å². The van der Waals surface area contributed by atoms with Crippen molar-refractivity contribution in [3.63, 3.8) is 0 Å². The van der Waals surface area contributed by atoms with Crippen LogP contribution in [0.1, 0.15) is 10.4 Å². The second-order valence-corrected chi connectivity index (χ2v) is 4.99. The van der Waals surface area contributed by atoms with Gasteiger partial charge < -0.3 is 10.6 Å². The number of carbonyl (C=O) groups excluding carboxylic acids is 1. The van der Waals surface area contributed by atoms with Gasteiger partial charge in [0, 0.05) is 18.0 Å². The lowest BCUT2D eigenvalue weighted by Crippen LogP contribution is -2.23. The Hall–Kier alpha value is -2.42. The number of hydrogen-bond acceptors (Lipinski definition) is 3. The van der Waals surface area contributed by atoms with Gasteiger partial charge in [0.05, 0.1) is 11.3 Å². The van der Waals surface area contributed by atoms with E-state index in [0.717, 1.165) is 30.5 Å². The average molecular weight is 366 g/mol. The molecule has 0 atom stereocenters. The molecule has 0 saturated carbocycles. The van der Waals surface area contributed by atoms with Crippen LogP contribution in [0.15, 0.2) is 30.5 Å². The van der Waals surface area contributed by atoms with E-state index in [9.17, 15) is 26.7 Å². The fourth-order valence-corrected chi connectivity index (χ4v) is 1.88. The van der Waals surface area contributed by atoms with E-state index in [2.05, 4.69) is 10.3 Å². The summed E-state index contributed by atoms with van der Waals surface area (Å²) in [7, 11) is 0. The molecule has 2 aromatic rings. The van der Waals surface area contributed by atoms with Gasteiger partial charge in [0.25, 0.3) is 5.91 Å². The Morgan fingerprint density at radius 3 is 2.50 bits per heavy atom. The zero-order valence-corrected chi connectivity index (χ0v) is 12.5. The fraction of sp³-hybridized carbons (Fsp3) is 0.143. The Kier molecular flexibility index (Phi) is 5.23. The molecule has 1 amide bonds. The van der Waals surface area contributed by atoms with Crippen molar-refractivity contribution in [3.8, 4) is 0 Å². The third-order valence-corrected chi connectivity index (χ3v) is 2.98. The zero-order chi connectivity index (χ0) is 17.9. The molecular formula is C14H9ClF5N3O. The molecular weight excluding hydrogens is 357 g/mol. The number of alkyl halides is 3. The maximum absolute atomic E-state index is 13.1. The van der Waals surface area contributed by atoms with E-state index in [1.807, 2.05) is 5.32 Å². The highest BCUT2D eigenvalue weighted by atomic mass is 35.5. The van der Waals surface area contributed by atoms with E-state index in [1.165, 1.54) is 0 Å². The van der Waals surface area contributed by atoms with Gasteiger partial charge >= 0.3 is 6.18 Å². The van der Waals surface area contributed by atoms with Crippen molar-refractivity contribution in [3.05, 3.63) is 52.8 Å². The summed E-state index contributed by atoms with van der Waals surface area (Å²) in [6.45, 7) is -1.39. The molecule has 1 aromatic carbocycles. The van der Waals surface area contributed by atoms with Gasteiger partial charge in [-0.2, -0.15) is 13.2 Å². The van der Waals surface area contributed by atoms with E-state index in [-0.39, 0.29) is 22.1 Å². The minimum absolute atomic E-state index is 0.0735. The van der Waals surface area contributed by atoms with Crippen molar-refractivity contribution in [1.29, 1.82) is 0 Å². The number of anilines is 2. The number of rotatable bonds is 4. The number of nitrogens with zero attached hydrogens (tertiary/aromatic N) is 1. The summed E-state index contributed by atoms with van der Waals surface area (Å²) in [5.41, 5.74) is -0.517. The Morgan fingerprint density at radius 1 is 1.17 bits per heavy atom. The van der Waals surface area contributed by atoms with Crippen LogP contribution >= 0.6 is 11.6 Å². The summed E-state index contributed by atoms with van der Waals surface area (Å²) in [5.74, 6) is -3.15. The zero-order valence-electron chi connectivity index (χ0n) is 11.7. The van der Waals surface area contributed by atoms with Gasteiger partial charge in [-0.1, -0.05) is 11.6 Å². The highest BCUT2D eigenvalue weighted by Gasteiger charge is 2.27. The maximum Gasteiger partial charge on any atom is 0.405 e. The Morgan fingerprint density at radius 2 is 1.88 bits per heavy atom. The SMILES string of the molecule is O=C(Nc1ccc(F)c(F)c1)c1cnc(Cl)cc1NCC(F)(F)F. The standard InChI is InChI=1S/C14H9ClF5N3O/c15-12-4-11(22-6-14(18,19)20)8(5-21-12)13(24)23-7-1-2-9(16)10(17)3-7/h1-5H,6H2,(H,21,22)(H,23,24). The maximum atomic E-state index is 13.1. The fourth-order valence-electron chi connectivity index (χ4n) is 1.72. The number of amides is 1. The Labute approximate surface area is 137 Å². The van der Waals surface area contributed by atoms with Crippen molar-refractivity contribution in [2.24, 2.45) is 0 Å². The molecule has 0 spiro atoms. The van der Waals surface area contributed by atoms with Gasteiger partial charge in [0.15, 0.2) is 11.6 Å². The number of benzene rings is 1. The van der Waals surface area contributed by atoms with Crippen molar-refractivity contribution in [2.75, 3.05) is 17.2 Å². The molecule has 0 bridgehead atoms. The highest BCUT2D eigenvalue weighted by molar-refractivity contribution is 6.29. The van der Waals surface area contributed by atoms with Gasteiger partial charge in [-0.3, -0.25) is 4.79 Å². The highest BCUT2D eigenvalue weighted by Crippen LogP contribution is 2.23. The van der Waals surface area contributed by atoms with Gasteiger partial charge in [-0.25, -0.2) is 13.8 Å². The largest absolute Gasteiger partial charge is 0.405 e. The lowest BCUT2D eigenvalue weighted by atomic mass is 10.2. The normalized spacial score (nSPS) is 11.2. The number of aromatic nitrogens is 1. The van der Waals surface area contributed by atoms with Gasteiger partial charge in [0.1, 0.15) is 11.7 Å². The first-order valence-electron chi connectivity index (χ1n) is 6.38. The first-order chi connectivity index (χ1) is 11.2. The number of hydrogen-bond donors (Lipinski definition) is 2. The minimum atomic E-state index is -4.51. The van der Waals surface area contributed by atoms with Crippen LogP contribution in [0.3, 0.4) is 0 Å². The first kappa shape index (κ1) is 17.9. The predicted octanol–water partition coefficient (Wildman–Crippen LogP) is 4.24. The van der Waals surface area contributed by atoms with Crippen LogP contribution in [0.2, 0.25) is 5.15 Å². The molecule has 24 heavy (non-hydrogen) atoms. The van der Waals surface area contributed by atoms with Crippen LogP contribution in [0.5, 0.6) is 0 Å². The van der Waals surface area contributed by atoms with Crippen LogP contribution in [0, 0.1) is 11.6 Å². The van der Waals surface area contributed by atoms with Gasteiger partial charge in [-0.15, -0.1) is 0 Å². The Balaban J connectivity index is 2.23. The van der Waals surface area contributed by atoms with E-state index < -0.39 is 30.3 Å². The molecule has 2 rings (SSSR count). The van der Waals surface area contributed by atoms with Gasteiger partial charge in [-0.05, 0) is 18.2 Å². The summed E-state index contributed by atoms with van der Waals surface area (Å²) < 4.78 is 62.9. The van der Waals surface area contributed by atoms with E-state index >= 15 is 0 Å². The van der Waals surface area contributed by atoms with Crippen molar-refractivity contribution >= 4 is 28.9 Å². The lowest BCUT2D eigenvalue weighted by Gasteiger charge is -2.14. The molecule has 0 saturated heterocycles. The van der Waals surface area contributed by atoms with Crippen LogP contribution in [0.4, 0.5) is 33.3 Å². The second-order valence-electron chi connectivity index (χ2n) is 4.60. The average Bonchev–Trinajstić information content (AvgIpc) is 2.48. The molecule has 4 nitrogen and oxygen atoms in total. The van der Waals surface area contributed by atoms with Crippen molar-refractivity contribution in [2.45, 2.75) is 6.18 Å². The molecule has 10 heteroatoms. The molecule has 128 valence electrons. The summed E-state index contributed by atoms with van der Waals surface area (Å²) in [4.78, 5) is 15.8. The smallest absolute Gasteiger partial charge is 0.376 e. The monoisotopic (exact) mass is 365 g/mol. The molecule has 1 heterocycles. The van der Waals surface area contributed by atoms with Crippen molar-refractivity contribution < 1.29 is 26.7 Å².